The van der Waals surface area contributed by atoms with E-state index in [1.165, 1.54) is 12.0 Å². The van der Waals surface area contributed by atoms with Crippen molar-refractivity contribution >= 4 is 35.7 Å². The number of cyclic esters (lactones) is 1. The number of esters is 1. The van der Waals surface area contributed by atoms with Gasteiger partial charge >= 0.3 is 5.97 Å². The van der Waals surface area contributed by atoms with Gasteiger partial charge in [0.15, 0.2) is 0 Å². The number of hydrogen-bond acceptors (Lipinski definition) is 8. The molecule has 37 heavy (non-hydrogen) atoms. The van der Waals surface area contributed by atoms with E-state index in [0.717, 1.165) is 4.90 Å². The molecule has 2 unspecified atom stereocenters. The molecule has 1 aromatic carbocycles. The van der Waals surface area contributed by atoms with Gasteiger partial charge in [0.1, 0.15) is 23.9 Å². The maximum atomic E-state index is 14.0. The van der Waals surface area contributed by atoms with E-state index in [4.69, 9.17) is 14.2 Å². The lowest BCUT2D eigenvalue weighted by molar-refractivity contribution is -0.164. The fourth-order valence-electron chi connectivity index (χ4n) is 5.20. The molecule has 2 fully saturated rings. The second-order valence-electron chi connectivity index (χ2n) is 9.11. The summed E-state index contributed by atoms with van der Waals surface area (Å²) in [5.74, 6) is -1.73. The normalized spacial score (nSPS) is 27.9. The number of ether oxygens (including phenoxy) is 3. The summed E-state index contributed by atoms with van der Waals surface area (Å²) in [6, 6.07) is 3.81. The number of carbonyl (C=O) groups is 5. The van der Waals surface area contributed by atoms with E-state index in [2.05, 4.69) is 5.32 Å². The van der Waals surface area contributed by atoms with Crippen LogP contribution in [0.1, 0.15) is 39.0 Å². The van der Waals surface area contributed by atoms with Gasteiger partial charge < -0.3 is 24.4 Å². The third kappa shape index (κ3) is 5.51. The molecule has 0 saturated carbocycles. The molecule has 1 N–H and O–H groups in total. The number of amides is 3. The molecule has 0 aliphatic carbocycles. The van der Waals surface area contributed by atoms with Crippen LogP contribution in [0, 0.1) is 0 Å². The van der Waals surface area contributed by atoms with Crippen molar-refractivity contribution in [3.8, 4) is 5.75 Å². The Bertz CT molecular complexity index is 1090. The van der Waals surface area contributed by atoms with Gasteiger partial charge in [0.05, 0.1) is 13.5 Å². The Morgan fingerprint density at radius 1 is 1.22 bits per heavy atom. The minimum Gasteiger partial charge on any atom is -0.497 e. The monoisotopic (exact) mass is 513 g/mol. The van der Waals surface area contributed by atoms with Gasteiger partial charge in [-0.2, -0.15) is 0 Å². The molecule has 3 amide bonds. The predicted molar refractivity (Wildman–Crippen MR) is 130 cm³/mol. The number of carbonyl (C=O) groups excluding carboxylic acids is 5. The molecular formula is C26H31N3O8. The Labute approximate surface area is 214 Å². The first-order valence-electron chi connectivity index (χ1n) is 12.4. The fourth-order valence-corrected chi connectivity index (χ4v) is 5.20. The molecule has 11 heteroatoms. The summed E-state index contributed by atoms with van der Waals surface area (Å²) < 4.78 is 15.8. The minimum atomic E-state index is -1.04. The second kappa shape index (κ2) is 11.5. The van der Waals surface area contributed by atoms with E-state index in [0.29, 0.717) is 37.3 Å². The number of anilines is 1. The van der Waals surface area contributed by atoms with E-state index < -0.39 is 48.1 Å². The molecule has 3 heterocycles. The van der Waals surface area contributed by atoms with Crippen LogP contribution in [0.4, 0.5) is 5.69 Å². The van der Waals surface area contributed by atoms with Gasteiger partial charge in [-0.3, -0.25) is 28.9 Å². The highest BCUT2D eigenvalue weighted by Crippen LogP contribution is 2.33. The Morgan fingerprint density at radius 3 is 2.73 bits per heavy atom. The molecule has 3 aliphatic heterocycles. The first-order chi connectivity index (χ1) is 17.9. The number of nitrogens with one attached hydrogen (secondary N) is 1. The molecule has 1 aromatic rings. The smallest absolute Gasteiger partial charge is 0.310 e. The van der Waals surface area contributed by atoms with Crippen LogP contribution in [-0.2, 0) is 33.4 Å². The summed E-state index contributed by atoms with van der Waals surface area (Å²) >= 11 is 0. The Balaban J connectivity index is 1.62. The summed E-state index contributed by atoms with van der Waals surface area (Å²) in [6.45, 7) is 2.06. The van der Waals surface area contributed by atoms with Gasteiger partial charge in [-0.15, -0.1) is 0 Å². The molecule has 5 atom stereocenters. The predicted octanol–water partition coefficient (Wildman–Crippen LogP) is 1.10. The highest BCUT2D eigenvalue weighted by atomic mass is 16.7. The Kier molecular flexibility index (Phi) is 8.22. The minimum absolute atomic E-state index is 0.0245. The Morgan fingerprint density at radius 2 is 2.00 bits per heavy atom. The van der Waals surface area contributed by atoms with Crippen LogP contribution < -0.4 is 15.0 Å². The van der Waals surface area contributed by atoms with Crippen molar-refractivity contribution in [3.63, 3.8) is 0 Å². The second-order valence-corrected chi connectivity index (χ2v) is 9.11. The Hall–Kier alpha value is -3.73. The third-order valence-electron chi connectivity index (χ3n) is 6.88. The highest BCUT2D eigenvalue weighted by Gasteiger charge is 2.47. The first-order valence-corrected chi connectivity index (χ1v) is 12.4. The van der Waals surface area contributed by atoms with Crippen molar-refractivity contribution in [2.75, 3.05) is 18.6 Å². The van der Waals surface area contributed by atoms with E-state index in [9.17, 15) is 24.0 Å². The zero-order valence-electron chi connectivity index (χ0n) is 20.8. The average Bonchev–Trinajstić information content (AvgIpc) is 3.46. The fraction of sp³-hybridized carbons (Fsp3) is 0.500. The van der Waals surface area contributed by atoms with E-state index in [1.807, 2.05) is 12.2 Å². The van der Waals surface area contributed by atoms with Crippen LogP contribution in [-0.4, -0.2) is 79.1 Å². The average molecular weight is 514 g/mol. The highest BCUT2D eigenvalue weighted by molar-refractivity contribution is 6.31. The van der Waals surface area contributed by atoms with E-state index >= 15 is 0 Å². The van der Waals surface area contributed by atoms with Crippen LogP contribution >= 0.6 is 0 Å². The van der Waals surface area contributed by atoms with Crippen molar-refractivity contribution in [1.29, 1.82) is 0 Å². The molecule has 198 valence electrons. The maximum Gasteiger partial charge on any atom is 0.310 e. The molecular weight excluding hydrogens is 482 g/mol. The number of nitrogens with zero attached hydrogens (tertiary/aromatic N) is 2. The summed E-state index contributed by atoms with van der Waals surface area (Å²) in [5.41, 5.74) is 0.335. The van der Waals surface area contributed by atoms with Crippen LogP contribution in [0.15, 0.2) is 36.4 Å². The van der Waals surface area contributed by atoms with E-state index in [1.54, 1.807) is 31.2 Å². The lowest BCUT2D eigenvalue weighted by Crippen LogP contribution is -2.58. The zero-order chi connectivity index (χ0) is 26.5. The first kappa shape index (κ1) is 26.3. The van der Waals surface area contributed by atoms with Gasteiger partial charge in [-0.05, 0) is 44.7 Å². The van der Waals surface area contributed by atoms with Crippen LogP contribution in [0.5, 0.6) is 5.75 Å². The van der Waals surface area contributed by atoms with Crippen LogP contribution in [0.25, 0.3) is 0 Å². The van der Waals surface area contributed by atoms with Gasteiger partial charge in [0, 0.05) is 24.4 Å². The standard InChI is InChI=1S/C26H31N3O8/c1-3-36-26-19(14-23(32)37-26)27-24(33)20-12-11-16-7-4-5-10-21(25(34)29(16)20)28(22(31)15-30)17-8-6-9-18(13-17)35-2/h4-6,8-9,13,15-16,19-21,26H,3,7,10-12,14H2,1-2H3,(H,27,33)/b5-4-/t16-,19?,20+,21+,26?/m1/s1. The molecule has 11 nitrogen and oxygen atoms in total. The number of benzene rings is 1. The van der Waals surface area contributed by atoms with Gasteiger partial charge in [0.2, 0.25) is 24.4 Å². The maximum absolute atomic E-state index is 14.0. The number of hydrogen-bond donors (Lipinski definition) is 1. The van der Waals surface area contributed by atoms with Gasteiger partial charge in [-0.25, -0.2) is 0 Å². The molecule has 3 aliphatic rings. The largest absolute Gasteiger partial charge is 0.497 e. The van der Waals surface area contributed by atoms with Crippen LogP contribution in [0.2, 0.25) is 0 Å². The SMILES string of the molecule is CCOC1OC(=O)CC1NC(=O)[C@@H]1CC[C@H]2C/C=C\C[C@H](N(C(=O)C=O)c3cccc(OC)c3)C(=O)N21. The van der Waals surface area contributed by atoms with Gasteiger partial charge in [0.25, 0.3) is 5.91 Å². The summed E-state index contributed by atoms with van der Waals surface area (Å²) in [4.78, 5) is 66.3. The van der Waals surface area contributed by atoms with Crippen molar-refractivity contribution < 1.29 is 38.2 Å². The molecule has 0 spiro atoms. The molecule has 0 radical (unpaired) electrons. The molecule has 0 aromatic heterocycles. The number of fused-ring (bicyclic) bond motifs is 1. The third-order valence-corrected chi connectivity index (χ3v) is 6.88. The van der Waals surface area contributed by atoms with Crippen molar-refractivity contribution in [3.05, 3.63) is 36.4 Å². The van der Waals surface area contributed by atoms with Gasteiger partial charge in [-0.1, -0.05) is 18.2 Å². The van der Waals surface area contributed by atoms with Crippen molar-refractivity contribution in [2.45, 2.75) is 69.5 Å². The van der Waals surface area contributed by atoms with E-state index in [-0.39, 0.29) is 25.2 Å². The van der Waals surface area contributed by atoms with Crippen molar-refractivity contribution in [2.24, 2.45) is 0 Å². The summed E-state index contributed by atoms with van der Waals surface area (Å²) in [6.07, 6.45) is 4.77. The van der Waals surface area contributed by atoms with Crippen LogP contribution in [0.3, 0.4) is 0 Å². The topological polar surface area (TPSA) is 132 Å². The zero-order valence-corrected chi connectivity index (χ0v) is 20.8. The summed E-state index contributed by atoms with van der Waals surface area (Å²) in [5, 5.41) is 2.83. The molecule has 4 rings (SSSR count). The lowest BCUT2D eigenvalue weighted by Gasteiger charge is -2.38. The number of rotatable bonds is 8. The van der Waals surface area contributed by atoms with Crippen molar-refractivity contribution in [1.82, 2.24) is 10.2 Å². The number of aldehydes is 1. The number of methoxy groups -OCH3 is 1. The lowest BCUT2D eigenvalue weighted by atomic mass is 10.0. The quantitative estimate of drug-likeness (QED) is 0.237. The molecule has 2 saturated heterocycles. The molecule has 0 bridgehead atoms. The summed E-state index contributed by atoms with van der Waals surface area (Å²) in [7, 11) is 1.48.